The molecule has 0 aliphatic heterocycles. The summed E-state index contributed by atoms with van der Waals surface area (Å²) in [5, 5.41) is 0. The molecule has 0 saturated carbocycles. The maximum absolute atomic E-state index is 11.6. The number of aryl methyl sites for hydroxylation is 1. The highest BCUT2D eigenvalue weighted by atomic mass is 32.2. The molecule has 0 fully saturated rings. The third kappa shape index (κ3) is 4.20. The molecule has 0 aliphatic rings. The summed E-state index contributed by atoms with van der Waals surface area (Å²) in [7, 11) is -3.89. The van der Waals surface area contributed by atoms with Crippen LogP contribution in [0.3, 0.4) is 0 Å². The molecule has 96 valence electrons. The summed E-state index contributed by atoms with van der Waals surface area (Å²) in [4.78, 5) is 11.6. The molecule has 6 nitrogen and oxygen atoms in total. The molecule has 0 unspecified atom stereocenters. The summed E-state index contributed by atoms with van der Waals surface area (Å²) in [5.74, 6) is -0.798. The molecule has 1 amide bonds. The van der Waals surface area contributed by atoms with Gasteiger partial charge in [-0.1, -0.05) is 0 Å². The van der Waals surface area contributed by atoms with Crippen LogP contribution in [0.4, 0.5) is 0 Å². The van der Waals surface area contributed by atoms with Gasteiger partial charge >= 0.3 is 16.1 Å². The molecule has 1 rings (SSSR count). The van der Waals surface area contributed by atoms with Gasteiger partial charge in [0.2, 0.25) is 0 Å². The van der Waals surface area contributed by atoms with E-state index in [1.54, 1.807) is 33.8 Å². The highest BCUT2D eigenvalue weighted by Crippen LogP contribution is 2.09. The zero-order valence-corrected chi connectivity index (χ0v) is 11.0. The van der Waals surface area contributed by atoms with Crippen LogP contribution in [0, 0.1) is 6.92 Å². The van der Waals surface area contributed by atoms with E-state index < -0.39 is 21.7 Å². The van der Waals surface area contributed by atoms with Crippen molar-refractivity contribution in [3.63, 3.8) is 0 Å². The zero-order valence-electron chi connectivity index (χ0n) is 10.2. The molecule has 0 bridgehead atoms. The Morgan fingerprint density at radius 1 is 1.35 bits per heavy atom. The van der Waals surface area contributed by atoms with Gasteiger partial charge in [-0.25, -0.2) is 4.72 Å². The molecule has 0 saturated heterocycles. The molecule has 0 atom stereocenters. The SMILES string of the molecule is Cc1ccoc1C(=O)NS(=O)(=O)NC(C)(C)C. The van der Waals surface area contributed by atoms with E-state index in [1.807, 2.05) is 4.72 Å². The highest BCUT2D eigenvalue weighted by Gasteiger charge is 2.24. The molecular formula is C10H16N2O4S. The minimum Gasteiger partial charge on any atom is -0.459 e. The molecular weight excluding hydrogens is 244 g/mol. The number of carbonyl (C=O) groups excluding carboxylic acids is 1. The first kappa shape index (κ1) is 13.7. The smallest absolute Gasteiger partial charge is 0.302 e. The van der Waals surface area contributed by atoms with Gasteiger partial charge in [0.1, 0.15) is 0 Å². The Hall–Kier alpha value is -1.34. The van der Waals surface area contributed by atoms with Gasteiger partial charge in [-0.2, -0.15) is 13.1 Å². The zero-order chi connectivity index (χ0) is 13.3. The van der Waals surface area contributed by atoms with Gasteiger partial charge in [0.25, 0.3) is 0 Å². The van der Waals surface area contributed by atoms with Gasteiger partial charge in [-0.05, 0) is 33.8 Å². The van der Waals surface area contributed by atoms with Gasteiger partial charge in [-0.15, -0.1) is 0 Å². The topological polar surface area (TPSA) is 88.4 Å². The average molecular weight is 260 g/mol. The van der Waals surface area contributed by atoms with Crippen molar-refractivity contribution in [3.05, 3.63) is 23.7 Å². The lowest BCUT2D eigenvalue weighted by molar-refractivity contribution is 0.0953. The van der Waals surface area contributed by atoms with E-state index in [9.17, 15) is 13.2 Å². The van der Waals surface area contributed by atoms with Gasteiger partial charge in [0.15, 0.2) is 5.76 Å². The Morgan fingerprint density at radius 3 is 2.35 bits per heavy atom. The van der Waals surface area contributed by atoms with Crippen molar-refractivity contribution < 1.29 is 17.6 Å². The predicted molar refractivity (Wildman–Crippen MR) is 62.7 cm³/mol. The van der Waals surface area contributed by atoms with Crippen LogP contribution in [0.2, 0.25) is 0 Å². The first-order chi connectivity index (χ1) is 7.61. The lowest BCUT2D eigenvalue weighted by Gasteiger charge is -2.20. The Labute approximate surface area is 101 Å². The Balaban J connectivity index is 2.80. The maximum Gasteiger partial charge on any atom is 0.302 e. The first-order valence-electron chi connectivity index (χ1n) is 5.01. The van der Waals surface area contributed by atoms with E-state index in [-0.39, 0.29) is 5.76 Å². The summed E-state index contributed by atoms with van der Waals surface area (Å²) in [6.07, 6.45) is 1.33. The van der Waals surface area contributed by atoms with E-state index in [0.717, 1.165) is 0 Å². The predicted octanol–water partition coefficient (Wildman–Crippen LogP) is 0.951. The van der Waals surface area contributed by atoms with E-state index >= 15 is 0 Å². The van der Waals surface area contributed by atoms with Crippen LogP contribution in [0.5, 0.6) is 0 Å². The Morgan fingerprint density at radius 2 is 1.94 bits per heavy atom. The summed E-state index contributed by atoms with van der Waals surface area (Å²) in [6, 6.07) is 1.58. The second kappa shape index (κ2) is 4.50. The highest BCUT2D eigenvalue weighted by molar-refractivity contribution is 7.88. The van der Waals surface area contributed by atoms with E-state index in [1.165, 1.54) is 6.26 Å². The summed E-state index contributed by atoms with van der Waals surface area (Å²) in [6.45, 7) is 6.68. The molecule has 2 N–H and O–H groups in total. The second-order valence-electron chi connectivity index (χ2n) is 4.72. The third-order valence-corrected chi connectivity index (χ3v) is 3.07. The number of hydrogen-bond acceptors (Lipinski definition) is 4. The quantitative estimate of drug-likeness (QED) is 0.847. The average Bonchev–Trinajstić information content (AvgIpc) is 2.44. The third-order valence-electron chi connectivity index (χ3n) is 1.74. The standard InChI is InChI=1S/C10H16N2O4S/c1-7-5-6-16-8(7)9(13)11-17(14,15)12-10(2,3)4/h5-6,12H,1-4H3,(H,11,13). The van der Waals surface area contributed by atoms with Crippen LogP contribution in [-0.2, 0) is 10.2 Å². The normalized spacial score (nSPS) is 12.5. The van der Waals surface area contributed by atoms with Crippen molar-refractivity contribution in [2.45, 2.75) is 33.2 Å². The van der Waals surface area contributed by atoms with Crippen molar-refractivity contribution in [2.24, 2.45) is 0 Å². The minimum absolute atomic E-state index is 0.00992. The van der Waals surface area contributed by atoms with Crippen LogP contribution in [0.1, 0.15) is 36.9 Å². The van der Waals surface area contributed by atoms with Crippen LogP contribution in [-0.4, -0.2) is 19.9 Å². The number of carbonyl (C=O) groups is 1. The molecule has 1 aromatic rings. The largest absolute Gasteiger partial charge is 0.459 e. The number of hydrogen-bond donors (Lipinski definition) is 2. The molecule has 1 heterocycles. The second-order valence-corrected chi connectivity index (χ2v) is 6.13. The summed E-state index contributed by atoms with van der Waals surface area (Å²) < 4.78 is 32.2. The van der Waals surface area contributed by atoms with Gasteiger partial charge < -0.3 is 4.42 Å². The number of amides is 1. The summed E-state index contributed by atoms with van der Waals surface area (Å²) in [5.41, 5.74) is -0.0851. The molecule has 0 radical (unpaired) electrons. The summed E-state index contributed by atoms with van der Waals surface area (Å²) >= 11 is 0. The Kier molecular flexibility index (Phi) is 3.63. The fourth-order valence-electron chi connectivity index (χ4n) is 1.20. The monoisotopic (exact) mass is 260 g/mol. The van der Waals surface area contributed by atoms with Crippen molar-refractivity contribution >= 4 is 16.1 Å². The molecule has 0 aromatic carbocycles. The lowest BCUT2D eigenvalue weighted by atomic mass is 10.1. The lowest BCUT2D eigenvalue weighted by Crippen LogP contribution is -2.48. The molecule has 17 heavy (non-hydrogen) atoms. The van der Waals surface area contributed by atoms with Crippen molar-refractivity contribution in [1.29, 1.82) is 0 Å². The fourth-order valence-corrected chi connectivity index (χ4v) is 2.40. The van der Waals surface area contributed by atoms with Crippen LogP contribution in [0.25, 0.3) is 0 Å². The van der Waals surface area contributed by atoms with Crippen molar-refractivity contribution in [2.75, 3.05) is 0 Å². The van der Waals surface area contributed by atoms with Crippen molar-refractivity contribution in [3.8, 4) is 0 Å². The van der Waals surface area contributed by atoms with Crippen LogP contribution < -0.4 is 9.44 Å². The van der Waals surface area contributed by atoms with Gasteiger partial charge in [-0.3, -0.25) is 4.79 Å². The first-order valence-corrected chi connectivity index (χ1v) is 6.49. The van der Waals surface area contributed by atoms with Crippen LogP contribution >= 0.6 is 0 Å². The van der Waals surface area contributed by atoms with Gasteiger partial charge in [0, 0.05) is 11.1 Å². The van der Waals surface area contributed by atoms with E-state index in [4.69, 9.17) is 4.42 Å². The van der Waals surface area contributed by atoms with E-state index in [2.05, 4.69) is 4.72 Å². The number of rotatable bonds is 3. The van der Waals surface area contributed by atoms with Crippen LogP contribution in [0.15, 0.2) is 16.7 Å². The van der Waals surface area contributed by atoms with Gasteiger partial charge in [0.05, 0.1) is 6.26 Å². The fraction of sp³-hybridized carbons (Fsp3) is 0.500. The molecule has 0 aliphatic carbocycles. The Bertz CT molecular complexity index is 511. The minimum atomic E-state index is -3.89. The molecule has 7 heteroatoms. The van der Waals surface area contributed by atoms with E-state index in [0.29, 0.717) is 5.56 Å². The van der Waals surface area contributed by atoms with Crippen molar-refractivity contribution in [1.82, 2.24) is 9.44 Å². The number of nitrogens with one attached hydrogen (secondary N) is 2. The maximum atomic E-state index is 11.6. The molecule has 0 spiro atoms. The number of furan rings is 1. The molecule has 1 aromatic heterocycles.